The summed E-state index contributed by atoms with van der Waals surface area (Å²) in [6.45, 7) is 8.35. The Bertz CT molecular complexity index is 498. The first-order valence-corrected chi connectivity index (χ1v) is 6.38. The number of fused-ring (bicyclic) bond motifs is 1. The van der Waals surface area contributed by atoms with Crippen molar-refractivity contribution in [2.24, 2.45) is 0 Å². The molecule has 0 amide bonds. The van der Waals surface area contributed by atoms with Gasteiger partial charge in [-0.15, -0.1) is 0 Å². The van der Waals surface area contributed by atoms with Gasteiger partial charge in [0, 0.05) is 11.7 Å². The van der Waals surface area contributed by atoms with Gasteiger partial charge in [0.05, 0.1) is 18.7 Å². The highest BCUT2D eigenvalue weighted by Gasteiger charge is 2.38. The van der Waals surface area contributed by atoms with Crippen molar-refractivity contribution in [3.63, 3.8) is 0 Å². The number of phenols is 1. The maximum atomic E-state index is 11.9. The van der Waals surface area contributed by atoms with E-state index in [1.165, 1.54) is 6.26 Å². The molecule has 0 radical (unpaired) electrons. The van der Waals surface area contributed by atoms with Gasteiger partial charge in [-0.3, -0.25) is 4.79 Å². The van der Waals surface area contributed by atoms with E-state index in [0.29, 0.717) is 13.2 Å². The fourth-order valence-electron chi connectivity index (χ4n) is 2.83. The van der Waals surface area contributed by atoms with Crippen LogP contribution in [0.3, 0.4) is 0 Å². The van der Waals surface area contributed by atoms with Crippen molar-refractivity contribution in [1.82, 2.24) is 0 Å². The third-order valence-electron chi connectivity index (χ3n) is 3.64. The number of phenolic OH excluding ortho intramolecular Hbond substituents is 1. The number of hydrogen-bond acceptors (Lipinski definition) is 4. The summed E-state index contributed by atoms with van der Waals surface area (Å²) in [5.41, 5.74) is 1.90. The van der Waals surface area contributed by atoms with E-state index < -0.39 is 0 Å². The molecule has 2 atom stereocenters. The highest BCUT2D eigenvalue weighted by Crippen LogP contribution is 2.42. The minimum Gasteiger partial charge on any atom is -0.508 e. The summed E-state index contributed by atoms with van der Waals surface area (Å²) in [5, 5.41) is 9.61. The molecule has 0 spiro atoms. The van der Waals surface area contributed by atoms with Crippen LogP contribution in [0.1, 0.15) is 25.3 Å². The number of ether oxygens (including phenoxy) is 1. The first kappa shape index (κ1) is 13.5. The molecule has 1 aromatic rings. The SMILES string of the molecule is C=COCCN1c2ccc(O)cc2[C@@H](C(C)=O)[C@@H]1C. The first-order valence-electron chi connectivity index (χ1n) is 6.38. The number of ketones is 1. The van der Waals surface area contributed by atoms with Crippen LogP contribution in [0.15, 0.2) is 31.0 Å². The van der Waals surface area contributed by atoms with Crippen molar-refractivity contribution in [3.05, 3.63) is 36.6 Å². The Kier molecular flexibility index (Phi) is 3.79. The number of carbonyl (C=O) groups excluding carboxylic acids is 1. The van der Waals surface area contributed by atoms with Gasteiger partial charge in [-0.25, -0.2) is 0 Å². The van der Waals surface area contributed by atoms with Gasteiger partial charge in [-0.05, 0) is 37.6 Å². The fourth-order valence-corrected chi connectivity index (χ4v) is 2.83. The van der Waals surface area contributed by atoms with E-state index in [1.807, 2.05) is 13.0 Å². The lowest BCUT2D eigenvalue weighted by Crippen LogP contribution is -2.35. The summed E-state index contributed by atoms with van der Waals surface area (Å²) in [7, 11) is 0. The molecule has 1 aromatic carbocycles. The number of Topliss-reactive ketones (excluding diaryl/α,β-unsaturated/α-hetero) is 1. The topological polar surface area (TPSA) is 49.8 Å². The van der Waals surface area contributed by atoms with Crippen LogP contribution >= 0.6 is 0 Å². The number of carbonyl (C=O) groups is 1. The van der Waals surface area contributed by atoms with Crippen molar-refractivity contribution >= 4 is 11.5 Å². The molecule has 0 aliphatic carbocycles. The van der Waals surface area contributed by atoms with Crippen LogP contribution in [0, 0.1) is 0 Å². The Morgan fingerprint density at radius 2 is 2.32 bits per heavy atom. The smallest absolute Gasteiger partial charge is 0.139 e. The Labute approximate surface area is 113 Å². The van der Waals surface area contributed by atoms with Crippen LogP contribution in [0.5, 0.6) is 5.75 Å². The van der Waals surface area contributed by atoms with Crippen LogP contribution in [-0.2, 0) is 9.53 Å². The molecule has 19 heavy (non-hydrogen) atoms. The molecule has 0 saturated carbocycles. The molecule has 1 N–H and O–H groups in total. The van der Waals surface area contributed by atoms with E-state index in [0.717, 1.165) is 11.3 Å². The monoisotopic (exact) mass is 261 g/mol. The van der Waals surface area contributed by atoms with E-state index in [-0.39, 0.29) is 23.5 Å². The first-order chi connectivity index (χ1) is 9.06. The fraction of sp³-hybridized carbons (Fsp3) is 0.400. The van der Waals surface area contributed by atoms with Crippen molar-refractivity contribution < 1.29 is 14.6 Å². The lowest BCUT2D eigenvalue weighted by Gasteiger charge is -2.26. The van der Waals surface area contributed by atoms with Gasteiger partial charge in [0.25, 0.3) is 0 Å². The summed E-state index contributed by atoms with van der Waals surface area (Å²) in [6, 6.07) is 5.27. The molecule has 0 saturated heterocycles. The van der Waals surface area contributed by atoms with E-state index in [2.05, 4.69) is 11.5 Å². The lowest BCUT2D eigenvalue weighted by atomic mass is 9.92. The molecule has 102 valence electrons. The van der Waals surface area contributed by atoms with Crippen LogP contribution < -0.4 is 4.90 Å². The van der Waals surface area contributed by atoms with Gasteiger partial charge in [0.2, 0.25) is 0 Å². The third-order valence-corrected chi connectivity index (χ3v) is 3.64. The summed E-state index contributed by atoms with van der Waals surface area (Å²) < 4.78 is 5.17. The molecule has 0 aromatic heterocycles. The molecule has 1 aliphatic rings. The van der Waals surface area contributed by atoms with Crippen molar-refractivity contribution in [1.29, 1.82) is 0 Å². The average molecular weight is 261 g/mol. The maximum absolute atomic E-state index is 11.9. The zero-order valence-corrected chi connectivity index (χ0v) is 11.3. The summed E-state index contributed by atoms with van der Waals surface area (Å²) in [5.74, 6) is 0.124. The standard InChI is InChI=1S/C15H19NO3/c1-4-19-8-7-16-10(2)15(11(3)17)13-9-12(18)5-6-14(13)16/h4-6,9-10,15,18H,1,7-8H2,2-3H3/t10-,15+/m0/s1. The minimum atomic E-state index is -0.189. The molecule has 0 fully saturated rings. The molecular weight excluding hydrogens is 242 g/mol. The number of anilines is 1. The van der Waals surface area contributed by atoms with Gasteiger partial charge < -0.3 is 14.7 Å². The number of rotatable bonds is 5. The van der Waals surface area contributed by atoms with Gasteiger partial charge in [0.1, 0.15) is 18.1 Å². The Morgan fingerprint density at radius 1 is 1.58 bits per heavy atom. The average Bonchev–Trinajstić information content (AvgIpc) is 2.62. The highest BCUT2D eigenvalue weighted by molar-refractivity contribution is 5.89. The third kappa shape index (κ3) is 2.43. The molecule has 2 rings (SSSR count). The number of hydrogen-bond donors (Lipinski definition) is 1. The van der Waals surface area contributed by atoms with Crippen molar-refractivity contribution in [2.45, 2.75) is 25.8 Å². The van der Waals surface area contributed by atoms with E-state index in [9.17, 15) is 9.90 Å². The second-order valence-electron chi connectivity index (χ2n) is 4.80. The van der Waals surface area contributed by atoms with Crippen molar-refractivity contribution in [3.8, 4) is 5.75 Å². The van der Waals surface area contributed by atoms with Gasteiger partial charge in [0.15, 0.2) is 0 Å². The predicted octanol–water partition coefficient (Wildman–Crippen LogP) is 2.43. The summed E-state index contributed by atoms with van der Waals surface area (Å²) in [4.78, 5) is 14.0. The molecular formula is C15H19NO3. The van der Waals surface area contributed by atoms with Crippen LogP contribution in [0.25, 0.3) is 0 Å². The van der Waals surface area contributed by atoms with Crippen LogP contribution in [-0.4, -0.2) is 30.1 Å². The predicted molar refractivity (Wildman–Crippen MR) is 74.5 cm³/mol. The summed E-state index contributed by atoms with van der Waals surface area (Å²) in [6.07, 6.45) is 1.42. The van der Waals surface area contributed by atoms with Gasteiger partial charge in [-0.1, -0.05) is 6.58 Å². The Balaban J connectivity index is 2.32. The second-order valence-corrected chi connectivity index (χ2v) is 4.80. The largest absolute Gasteiger partial charge is 0.508 e. The minimum absolute atomic E-state index is 0.0720. The Hall–Kier alpha value is -1.97. The number of benzene rings is 1. The number of aromatic hydroxyl groups is 1. The van der Waals surface area contributed by atoms with E-state index in [1.54, 1.807) is 19.1 Å². The molecule has 4 heteroatoms. The molecule has 0 bridgehead atoms. The Morgan fingerprint density at radius 3 is 2.95 bits per heavy atom. The van der Waals surface area contributed by atoms with Crippen LogP contribution in [0.2, 0.25) is 0 Å². The molecule has 1 heterocycles. The maximum Gasteiger partial charge on any atom is 0.139 e. The quantitative estimate of drug-likeness (QED) is 0.653. The zero-order chi connectivity index (χ0) is 14.0. The lowest BCUT2D eigenvalue weighted by molar-refractivity contribution is -0.118. The van der Waals surface area contributed by atoms with E-state index >= 15 is 0 Å². The second kappa shape index (κ2) is 5.34. The molecule has 1 aliphatic heterocycles. The van der Waals surface area contributed by atoms with Gasteiger partial charge >= 0.3 is 0 Å². The highest BCUT2D eigenvalue weighted by atomic mass is 16.5. The van der Waals surface area contributed by atoms with Crippen molar-refractivity contribution in [2.75, 3.05) is 18.1 Å². The zero-order valence-electron chi connectivity index (χ0n) is 11.3. The molecule has 4 nitrogen and oxygen atoms in total. The summed E-state index contributed by atoms with van der Waals surface area (Å²) >= 11 is 0. The van der Waals surface area contributed by atoms with Gasteiger partial charge in [-0.2, -0.15) is 0 Å². The van der Waals surface area contributed by atoms with E-state index in [4.69, 9.17) is 4.74 Å². The molecule has 0 unspecified atom stereocenters. The number of nitrogens with zero attached hydrogens (tertiary/aromatic N) is 1. The van der Waals surface area contributed by atoms with Crippen LogP contribution in [0.4, 0.5) is 5.69 Å². The normalized spacial score (nSPS) is 21.1.